The summed E-state index contributed by atoms with van der Waals surface area (Å²) in [6.45, 7) is 10.4. The third-order valence-corrected chi connectivity index (χ3v) is 7.44. The van der Waals surface area contributed by atoms with E-state index in [1.54, 1.807) is 13.0 Å². The molecule has 1 saturated carbocycles. The second kappa shape index (κ2) is 9.87. The number of halogens is 2. The third-order valence-electron chi connectivity index (χ3n) is 7.44. The van der Waals surface area contributed by atoms with Crippen LogP contribution in [0, 0.1) is 17.8 Å². The number of rotatable bonds is 8. The number of carbonyl (C=O) groups excluding carboxylic acids is 1. The summed E-state index contributed by atoms with van der Waals surface area (Å²) in [6.07, 6.45) is 3.49. The minimum atomic E-state index is -3.20. The average Bonchev–Trinajstić information content (AvgIpc) is 2.72. The molecule has 5 unspecified atom stereocenters. The van der Waals surface area contributed by atoms with Gasteiger partial charge in [0.2, 0.25) is 0 Å². The molecular formula is C26H38F2O3. The van der Waals surface area contributed by atoms with Crippen LogP contribution < -0.4 is 9.47 Å². The van der Waals surface area contributed by atoms with Crippen molar-refractivity contribution < 1.29 is 23.0 Å². The molecule has 0 saturated heterocycles. The molecule has 0 spiro atoms. The molecule has 3 nitrogen and oxygen atoms in total. The first-order chi connectivity index (χ1) is 14.7. The number of ether oxygens (including phenoxy) is 2. The molecule has 1 aromatic rings. The van der Waals surface area contributed by atoms with Gasteiger partial charge >= 0.3 is 12.1 Å². The van der Waals surface area contributed by atoms with Crippen molar-refractivity contribution in [3.63, 3.8) is 0 Å². The summed E-state index contributed by atoms with van der Waals surface area (Å²) in [4.78, 5) is 12.2. The SMILES string of the molecule is CCCCCC(C)C(C)c1cc(OC(=O)CC)c2c(c1)OC(F)(F)C1CCC(C)CC21. The van der Waals surface area contributed by atoms with Crippen LogP contribution in [0.15, 0.2) is 12.1 Å². The number of alkyl halides is 2. The van der Waals surface area contributed by atoms with Gasteiger partial charge < -0.3 is 9.47 Å². The highest BCUT2D eigenvalue weighted by molar-refractivity contribution is 5.73. The summed E-state index contributed by atoms with van der Waals surface area (Å²) in [5.41, 5.74) is 1.57. The molecule has 0 aromatic heterocycles. The number of benzene rings is 1. The predicted molar refractivity (Wildman–Crippen MR) is 119 cm³/mol. The Morgan fingerprint density at radius 1 is 1.23 bits per heavy atom. The van der Waals surface area contributed by atoms with E-state index in [2.05, 4.69) is 27.7 Å². The Kier molecular flexibility index (Phi) is 7.64. The fraction of sp³-hybridized carbons (Fsp3) is 0.731. The zero-order valence-corrected chi connectivity index (χ0v) is 19.7. The molecule has 5 heteroatoms. The van der Waals surface area contributed by atoms with Gasteiger partial charge in [0.1, 0.15) is 11.5 Å². The highest BCUT2D eigenvalue weighted by atomic mass is 19.3. The maximum absolute atomic E-state index is 15.0. The van der Waals surface area contributed by atoms with Crippen LogP contribution in [0.4, 0.5) is 8.78 Å². The highest BCUT2D eigenvalue weighted by Crippen LogP contribution is 2.57. The van der Waals surface area contributed by atoms with E-state index in [-0.39, 0.29) is 30.0 Å². The highest BCUT2D eigenvalue weighted by Gasteiger charge is 2.54. The Hall–Kier alpha value is -1.65. The monoisotopic (exact) mass is 436 g/mol. The number of esters is 1. The molecule has 1 aliphatic carbocycles. The lowest BCUT2D eigenvalue weighted by Gasteiger charge is -2.44. The zero-order valence-electron chi connectivity index (χ0n) is 19.7. The van der Waals surface area contributed by atoms with Crippen molar-refractivity contribution in [1.82, 2.24) is 0 Å². The number of hydrogen-bond donors (Lipinski definition) is 0. The van der Waals surface area contributed by atoms with Gasteiger partial charge in [0, 0.05) is 17.9 Å². The van der Waals surface area contributed by atoms with E-state index in [4.69, 9.17) is 9.47 Å². The topological polar surface area (TPSA) is 35.5 Å². The first kappa shape index (κ1) is 24.0. The van der Waals surface area contributed by atoms with E-state index in [1.165, 1.54) is 12.8 Å². The van der Waals surface area contributed by atoms with Gasteiger partial charge in [0.05, 0.1) is 5.92 Å². The van der Waals surface area contributed by atoms with Crippen molar-refractivity contribution in [2.75, 3.05) is 0 Å². The van der Waals surface area contributed by atoms with Gasteiger partial charge in [-0.2, -0.15) is 8.78 Å². The number of carbonyl (C=O) groups is 1. The van der Waals surface area contributed by atoms with Crippen molar-refractivity contribution in [3.05, 3.63) is 23.3 Å². The minimum Gasteiger partial charge on any atom is -0.432 e. The van der Waals surface area contributed by atoms with Crippen molar-refractivity contribution in [1.29, 1.82) is 0 Å². The lowest BCUT2D eigenvalue weighted by molar-refractivity contribution is -0.237. The zero-order chi connectivity index (χ0) is 22.8. The third kappa shape index (κ3) is 5.23. The fourth-order valence-electron chi connectivity index (χ4n) is 5.23. The van der Waals surface area contributed by atoms with Crippen LogP contribution in [0.5, 0.6) is 11.5 Å². The van der Waals surface area contributed by atoms with Crippen LogP contribution in [0.1, 0.15) is 109 Å². The Labute approximate surface area is 185 Å². The summed E-state index contributed by atoms with van der Waals surface area (Å²) >= 11 is 0. The van der Waals surface area contributed by atoms with Crippen LogP contribution in [0.2, 0.25) is 0 Å². The molecule has 0 amide bonds. The fourth-order valence-corrected chi connectivity index (χ4v) is 5.23. The van der Waals surface area contributed by atoms with Gasteiger partial charge in [0.25, 0.3) is 0 Å². The smallest absolute Gasteiger partial charge is 0.401 e. The van der Waals surface area contributed by atoms with E-state index < -0.39 is 12.0 Å². The van der Waals surface area contributed by atoms with Crippen LogP contribution in [-0.2, 0) is 4.79 Å². The van der Waals surface area contributed by atoms with Gasteiger partial charge in [-0.3, -0.25) is 4.79 Å². The van der Waals surface area contributed by atoms with E-state index in [9.17, 15) is 13.6 Å². The molecule has 1 aromatic carbocycles. The maximum Gasteiger partial charge on any atom is 0.401 e. The second-order valence-corrected chi connectivity index (χ2v) is 9.82. The van der Waals surface area contributed by atoms with E-state index in [0.29, 0.717) is 36.0 Å². The van der Waals surface area contributed by atoms with Gasteiger partial charge in [-0.1, -0.05) is 66.7 Å². The average molecular weight is 437 g/mol. The van der Waals surface area contributed by atoms with Crippen LogP contribution in [0.25, 0.3) is 0 Å². The number of unbranched alkanes of at least 4 members (excludes halogenated alkanes) is 2. The molecule has 0 bridgehead atoms. The van der Waals surface area contributed by atoms with Gasteiger partial charge in [-0.25, -0.2) is 0 Å². The summed E-state index contributed by atoms with van der Waals surface area (Å²) in [5, 5.41) is 0. The molecule has 1 aliphatic heterocycles. The molecule has 31 heavy (non-hydrogen) atoms. The van der Waals surface area contributed by atoms with Gasteiger partial charge in [-0.05, 0) is 48.3 Å². The maximum atomic E-state index is 15.0. The summed E-state index contributed by atoms with van der Waals surface area (Å²) in [6, 6.07) is 3.69. The molecule has 5 atom stereocenters. The first-order valence-electron chi connectivity index (χ1n) is 12.1. The largest absolute Gasteiger partial charge is 0.432 e. The molecule has 0 radical (unpaired) electrons. The predicted octanol–water partition coefficient (Wildman–Crippen LogP) is 7.83. The molecule has 1 fully saturated rings. The quantitative estimate of drug-likeness (QED) is 0.237. The normalized spacial score (nSPS) is 26.2. The molecule has 3 rings (SSSR count). The van der Waals surface area contributed by atoms with E-state index in [0.717, 1.165) is 24.8 Å². The van der Waals surface area contributed by atoms with E-state index in [1.807, 2.05) is 6.07 Å². The molecular weight excluding hydrogens is 398 g/mol. The summed E-state index contributed by atoms with van der Waals surface area (Å²) in [5.74, 6) is -0.0427. The van der Waals surface area contributed by atoms with Crippen LogP contribution in [0.3, 0.4) is 0 Å². The van der Waals surface area contributed by atoms with Crippen molar-refractivity contribution in [3.8, 4) is 11.5 Å². The first-order valence-corrected chi connectivity index (χ1v) is 12.1. The second-order valence-electron chi connectivity index (χ2n) is 9.82. The Morgan fingerprint density at radius 2 is 1.97 bits per heavy atom. The molecule has 1 heterocycles. The standard InChI is InChI=1S/C26H38F2O3/c1-6-8-9-10-17(4)18(5)19-14-22(30-24(29)7-2)25-20-13-16(3)11-12-21(20)26(27,28)31-23(25)15-19/h14-18,20-21H,6-13H2,1-5H3. The Bertz CT molecular complexity index is 776. The number of fused-ring (bicyclic) bond motifs is 3. The lowest BCUT2D eigenvalue weighted by Crippen LogP contribution is -2.45. The van der Waals surface area contributed by atoms with E-state index >= 15 is 0 Å². The van der Waals surface area contributed by atoms with Crippen LogP contribution in [-0.4, -0.2) is 12.1 Å². The Balaban J connectivity index is 2.02. The molecule has 2 aliphatic rings. The van der Waals surface area contributed by atoms with Crippen molar-refractivity contribution >= 4 is 5.97 Å². The van der Waals surface area contributed by atoms with Gasteiger partial charge in [-0.15, -0.1) is 0 Å². The molecule has 174 valence electrons. The minimum absolute atomic E-state index is 0.154. The van der Waals surface area contributed by atoms with Crippen LogP contribution >= 0.6 is 0 Å². The summed E-state index contributed by atoms with van der Waals surface area (Å²) < 4.78 is 41.0. The van der Waals surface area contributed by atoms with Gasteiger partial charge in [0.15, 0.2) is 0 Å². The summed E-state index contributed by atoms with van der Waals surface area (Å²) in [7, 11) is 0. The van der Waals surface area contributed by atoms with Crippen molar-refractivity contribution in [2.45, 2.75) is 104 Å². The molecule has 0 N–H and O–H groups in total. The number of hydrogen-bond acceptors (Lipinski definition) is 3. The van der Waals surface area contributed by atoms with Crippen molar-refractivity contribution in [2.24, 2.45) is 17.8 Å². The lowest BCUT2D eigenvalue weighted by atomic mass is 9.69. The Morgan fingerprint density at radius 3 is 2.65 bits per heavy atom.